The predicted octanol–water partition coefficient (Wildman–Crippen LogP) is 2.42. The van der Waals surface area contributed by atoms with Crippen molar-refractivity contribution in [2.75, 3.05) is 18.1 Å². The lowest BCUT2D eigenvalue weighted by Crippen LogP contribution is -2.14. The van der Waals surface area contributed by atoms with Gasteiger partial charge in [0.1, 0.15) is 0 Å². The smallest absolute Gasteiger partial charge is 0.0666 e. The summed E-state index contributed by atoms with van der Waals surface area (Å²) in [6, 6.07) is 0.373. The zero-order chi connectivity index (χ0) is 10.2. The molecule has 0 aliphatic carbocycles. The molecule has 0 bridgehead atoms. The van der Waals surface area contributed by atoms with Gasteiger partial charge in [0, 0.05) is 18.4 Å². The molecule has 0 spiro atoms. The maximum absolute atomic E-state index is 5.68. The van der Waals surface area contributed by atoms with Crippen molar-refractivity contribution in [2.24, 2.45) is 5.73 Å². The molecule has 2 unspecified atom stereocenters. The van der Waals surface area contributed by atoms with Gasteiger partial charge in [-0.15, -0.1) is 0 Å². The standard InChI is InChI=1S/C11H23NOS/c1-10(12)5-2-3-8-14-9-11-6-4-7-13-11/h10-11H,2-9,12H2,1H3. The Bertz CT molecular complexity index is 135. The van der Waals surface area contributed by atoms with Gasteiger partial charge < -0.3 is 10.5 Å². The molecule has 0 aromatic carbocycles. The van der Waals surface area contributed by atoms with E-state index in [-0.39, 0.29) is 0 Å². The van der Waals surface area contributed by atoms with Crippen molar-refractivity contribution in [3.8, 4) is 0 Å². The lowest BCUT2D eigenvalue weighted by atomic mass is 10.2. The van der Waals surface area contributed by atoms with Crippen LogP contribution in [-0.4, -0.2) is 30.3 Å². The fraction of sp³-hybridized carbons (Fsp3) is 1.00. The Kier molecular flexibility index (Phi) is 6.65. The molecule has 1 fully saturated rings. The summed E-state index contributed by atoms with van der Waals surface area (Å²) in [5.74, 6) is 2.46. The van der Waals surface area contributed by atoms with Crippen molar-refractivity contribution in [1.82, 2.24) is 0 Å². The molecule has 1 aliphatic rings. The Balaban J connectivity index is 1.79. The van der Waals surface area contributed by atoms with Gasteiger partial charge in [0.05, 0.1) is 6.10 Å². The summed E-state index contributed by atoms with van der Waals surface area (Å²) in [7, 11) is 0. The van der Waals surface area contributed by atoms with Crippen LogP contribution in [0.1, 0.15) is 39.0 Å². The first-order valence-corrected chi connectivity index (χ1v) is 6.89. The molecule has 0 amide bonds. The Hall–Kier alpha value is 0.270. The summed E-state index contributed by atoms with van der Waals surface area (Å²) in [6.45, 7) is 3.06. The van der Waals surface area contributed by atoms with Gasteiger partial charge in [0.25, 0.3) is 0 Å². The number of thioether (sulfide) groups is 1. The van der Waals surface area contributed by atoms with Crippen LogP contribution in [0.4, 0.5) is 0 Å². The fourth-order valence-corrected chi connectivity index (χ4v) is 2.76. The van der Waals surface area contributed by atoms with E-state index >= 15 is 0 Å². The maximum Gasteiger partial charge on any atom is 0.0666 e. The molecule has 1 rings (SSSR count). The second kappa shape index (κ2) is 7.55. The van der Waals surface area contributed by atoms with E-state index in [2.05, 4.69) is 6.92 Å². The van der Waals surface area contributed by atoms with Crippen molar-refractivity contribution in [2.45, 2.75) is 51.2 Å². The molecule has 1 aliphatic heterocycles. The summed E-state index contributed by atoms with van der Waals surface area (Å²) < 4.78 is 5.56. The largest absolute Gasteiger partial charge is 0.377 e. The highest BCUT2D eigenvalue weighted by Crippen LogP contribution is 2.18. The van der Waals surface area contributed by atoms with Crippen LogP contribution in [0, 0.1) is 0 Å². The minimum Gasteiger partial charge on any atom is -0.377 e. The van der Waals surface area contributed by atoms with Crippen molar-refractivity contribution in [3.05, 3.63) is 0 Å². The van der Waals surface area contributed by atoms with E-state index < -0.39 is 0 Å². The van der Waals surface area contributed by atoms with Crippen molar-refractivity contribution < 1.29 is 4.74 Å². The van der Waals surface area contributed by atoms with E-state index in [1.165, 1.54) is 43.6 Å². The van der Waals surface area contributed by atoms with E-state index in [1.807, 2.05) is 11.8 Å². The number of nitrogens with two attached hydrogens (primary N) is 1. The first-order chi connectivity index (χ1) is 6.79. The monoisotopic (exact) mass is 217 g/mol. The lowest BCUT2D eigenvalue weighted by Gasteiger charge is -2.08. The maximum atomic E-state index is 5.68. The molecule has 1 heterocycles. The molecule has 14 heavy (non-hydrogen) atoms. The normalized spacial score (nSPS) is 24.0. The summed E-state index contributed by atoms with van der Waals surface area (Å²) in [5, 5.41) is 0. The molecule has 2 atom stereocenters. The minimum absolute atomic E-state index is 0.373. The molecule has 0 aromatic heterocycles. The van der Waals surface area contributed by atoms with Gasteiger partial charge in [0.2, 0.25) is 0 Å². The topological polar surface area (TPSA) is 35.2 Å². The fourth-order valence-electron chi connectivity index (χ4n) is 1.66. The van der Waals surface area contributed by atoms with Crippen molar-refractivity contribution in [1.29, 1.82) is 0 Å². The quantitative estimate of drug-likeness (QED) is 0.665. The summed E-state index contributed by atoms with van der Waals surface area (Å²) in [6.07, 6.45) is 6.83. The Morgan fingerprint density at radius 2 is 2.36 bits per heavy atom. The number of unbranched alkanes of at least 4 members (excludes halogenated alkanes) is 1. The van der Waals surface area contributed by atoms with Crippen LogP contribution < -0.4 is 5.73 Å². The van der Waals surface area contributed by atoms with Crippen LogP contribution in [0.2, 0.25) is 0 Å². The lowest BCUT2D eigenvalue weighted by molar-refractivity contribution is 0.129. The van der Waals surface area contributed by atoms with Gasteiger partial charge in [-0.1, -0.05) is 6.42 Å². The third kappa shape index (κ3) is 5.89. The van der Waals surface area contributed by atoms with Gasteiger partial charge >= 0.3 is 0 Å². The SMILES string of the molecule is CC(N)CCCCSCC1CCCO1. The molecule has 2 nitrogen and oxygen atoms in total. The second-order valence-corrected chi connectivity index (χ2v) is 5.33. The molecular weight excluding hydrogens is 194 g/mol. The van der Waals surface area contributed by atoms with E-state index in [0.717, 1.165) is 6.61 Å². The highest BCUT2D eigenvalue weighted by Gasteiger charge is 2.14. The molecule has 1 saturated heterocycles. The first kappa shape index (κ1) is 12.3. The van der Waals surface area contributed by atoms with Crippen LogP contribution >= 0.6 is 11.8 Å². The third-order valence-electron chi connectivity index (χ3n) is 2.53. The number of rotatable bonds is 7. The molecule has 3 heteroatoms. The average Bonchev–Trinajstić information content (AvgIpc) is 2.63. The number of ether oxygens (including phenoxy) is 1. The van der Waals surface area contributed by atoms with E-state index in [9.17, 15) is 0 Å². The third-order valence-corrected chi connectivity index (χ3v) is 3.71. The zero-order valence-electron chi connectivity index (χ0n) is 9.21. The molecule has 0 radical (unpaired) electrons. The van der Waals surface area contributed by atoms with Crippen molar-refractivity contribution in [3.63, 3.8) is 0 Å². The number of hydrogen-bond donors (Lipinski definition) is 1. The molecule has 0 aromatic rings. The minimum atomic E-state index is 0.373. The molecular formula is C11H23NOS. The predicted molar refractivity (Wildman–Crippen MR) is 63.8 cm³/mol. The number of hydrogen-bond acceptors (Lipinski definition) is 3. The Morgan fingerprint density at radius 3 is 3.00 bits per heavy atom. The van der Waals surface area contributed by atoms with Gasteiger partial charge in [-0.3, -0.25) is 0 Å². The van der Waals surface area contributed by atoms with Gasteiger partial charge in [-0.25, -0.2) is 0 Å². The summed E-state index contributed by atoms with van der Waals surface area (Å²) in [5.41, 5.74) is 5.68. The first-order valence-electron chi connectivity index (χ1n) is 5.74. The van der Waals surface area contributed by atoms with Gasteiger partial charge in [-0.05, 0) is 38.4 Å². The average molecular weight is 217 g/mol. The molecule has 2 N–H and O–H groups in total. The van der Waals surface area contributed by atoms with Crippen LogP contribution in [-0.2, 0) is 4.74 Å². The van der Waals surface area contributed by atoms with Crippen LogP contribution in [0.15, 0.2) is 0 Å². The van der Waals surface area contributed by atoms with E-state index in [0.29, 0.717) is 12.1 Å². The van der Waals surface area contributed by atoms with Crippen molar-refractivity contribution >= 4 is 11.8 Å². The van der Waals surface area contributed by atoms with Gasteiger partial charge in [-0.2, -0.15) is 11.8 Å². The van der Waals surface area contributed by atoms with Crippen LogP contribution in [0.25, 0.3) is 0 Å². The molecule has 84 valence electrons. The van der Waals surface area contributed by atoms with E-state index in [4.69, 9.17) is 10.5 Å². The Morgan fingerprint density at radius 1 is 1.50 bits per heavy atom. The summed E-state index contributed by atoms with van der Waals surface area (Å²) in [4.78, 5) is 0. The van der Waals surface area contributed by atoms with Crippen LogP contribution in [0.5, 0.6) is 0 Å². The zero-order valence-corrected chi connectivity index (χ0v) is 10.0. The van der Waals surface area contributed by atoms with E-state index in [1.54, 1.807) is 0 Å². The van der Waals surface area contributed by atoms with Gasteiger partial charge in [0.15, 0.2) is 0 Å². The summed E-state index contributed by atoms with van der Waals surface area (Å²) >= 11 is 2.04. The molecule has 0 saturated carbocycles. The Labute approximate surface area is 92.0 Å². The van der Waals surface area contributed by atoms with Crippen LogP contribution in [0.3, 0.4) is 0 Å². The highest BCUT2D eigenvalue weighted by atomic mass is 32.2. The second-order valence-electron chi connectivity index (χ2n) is 4.18. The highest BCUT2D eigenvalue weighted by molar-refractivity contribution is 7.99.